The summed E-state index contributed by atoms with van der Waals surface area (Å²) in [5.41, 5.74) is 25.6. The molecule has 20 heavy (non-hydrogen) atoms. The van der Waals surface area contributed by atoms with E-state index in [0.717, 1.165) is 77.5 Å². The van der Waals surface area contributed by atoms with Crippen molar-refractivity contribution in [2.24, 2.45) is 22.9 Å². The number of nitrogens with two attached hydrogens (primary N) is 4. The smallest absolute Gasteiger partial charge is 0.00742 e. The highest BCUT2D eigenvalue weighted by Gasteiger charge is 2.06. The average Bonchev–Trinajstić information content (AvgIpc) is 2.40. The van der Waals surface area contributed by atoms with E-state index in [4.69, 9.17) is 22.9 Å². The van der Waals surface area contributed by atoms with Crippen molar-refractivity contribution in [3.05, 3.63) is 11.1 Å². The summed E-state index contributed by atoms with van der Waals surface area (Å²) in [5.74, 6) is 0. The van der Waals surface area contributed by atoms with Gasteiger partial charge in [0.1, 0.15) is 0 Å². The highest BCUT2D eigenvalue weighted by molar-refractivity contribution is 5.15. The van der Waals surface area contributed by atoms with Gasteiger partial charge < -0.3 is 35.2 Å². The van der Waals surface area contributed by atoms with Gasteiger partial charge in [-0.1, -0.05) is 11.1 Å². The van der Waals surface area contributed by atoms with Crippen LogP contribution in [0.15, 0.2) is 11.1 Å². The summed E-state index contributed by atoms with van der Waals surface area (Å²) in [6.45, 7) is 3.03. The molecule has 0 aromatic carbocycles. The van der Waals surface area contributed by atoms with Crippen LogP contribution in [0.4, 0.5) is 0 Å². The van der Waals surface area contributed by atoms with E-state index in [0.29, 0.717) is 0 Å². The lowest BCUT2D eigenvalue weighted by molar-refractivity contribution is 0.680. The Morgan fingerprint density at radius 1 is 0.450 bits per heavy atom. The lowest BCUT2D eigenvalue weighted by atomic mass is 9.92. The first-order valence-corrected chi connectivity index (χ1v) is 7.30. The summed E-state index contributed by atoms with van der Waals surface area (Å²) in [7, 11) is 0. The summed E-state index contributed by atoms with van der Waals surface area (Å²) in [6, 6.07) is 0. The van der Waals surface area contributed by atoms with Crippen LogP contribution in [-0.4, -0.2) is 26.2 Å². The van der Waals surface area contributed by atoms with Crippen LogP contribution in [0.2, 0.25) is 0 Å². The van der Waals surface area contributed by atoms with Gasteiger partial charge in [0.05, 0.1) is 0 Å². The summed E-state index contributed by atoms with van der Waals surface area (Å²) in [6.07, 6.45) is 8.70. The summed E-state index contributed by atoms with van der Waals surface area (Å²) in [4.78, 5) is 0. The van der Waals surface area contributed by atoms with Gasteiger partial charge in [-0.3, -0.25) is 0 Å². The van der Waals surface area contributed by atoms with E-state index in [1.807, 2.05) is 0 Å². The molecule has 0 aliphatic carbocycles. The molecule has 6 heteroatoms. The van der Waals surface area contributed by atoms with E-state index in [9.17, 15) is 0 Å². The highest BCUT2D eigenvalue weighted by Crippen LogP contribution is 2.24. The maximum atomic E-state index is 5.62. The third-order valence-corrected chi connectivity index (χ3v) is 3.23. The maximum Gasteiger partial charge on any atom is -0.00742 e. The standard InChI is InChI=1S/C14H32N4.2H3N/c15-9-1-5-13(6-2-10-16)14(7-3-11-17)8-4-12-18;;/h1-12,15-18H2;2*1H3. The fraction of sp³-hybridized carbons (Fsp3) is 0.857. The largest absolute Gasteiger partial charge is 0.344 e. The fourth-order valence-corrected chi connectivity index (χ4v) is 2.22. The third kappa shape index (κ3) is 12.5. The molecule has 0 aliphatic heterocycles. The van der Waals surface area contributed by atoms with Crippen LogP contribution < -0.4 is 35.2 Å². The van der Waals surface area contributed by atoms with Crippen LogP contribution in [0.1, 0.15) is 51.4 Å². The van der Waals surface area contributed by atoms with Gasteiger partial charge in [0.25, 0.3) is 0 Å². The van der Waals surface area contributed by atoms with Crippen molar-refractivity contribution in [2.75, 3.05) is 26.2 Å². The molecule has 14 N–H and O–H groups in total. The van der Waals surface area contributed by atoms with Crippen molar-refractivity contribution in [2.45, 2.75) is 51.4 Å². The number of rotatable bonds is 12. The molecule has 0 spiro atoms. The molecule has 0 aromatic rings. The van der Waals surface area contributed by atoms with E-state index < -0.39 is 0 Å². The minimum absolute atomic E-state index is 0. The molecule has 0 heterocycles. The van der Waals surface area contributed by atoms with Crippen molar-refractivity contribution in [3.63, 3.8) is 0 Å². The van der Waals surface area contributed by atoms with Gasteiger partial charge in [-0.25, -0.2) is 0 Å². The van der Waals surface area contributed by atoms with E-state index >= 15 is 0 Å². The molecular weight excluding hydrogens is 252 g/mol. The van der Waals surface area contributed by atoms with Gasteiger partial charge in [0, 0.05) is 0 Å². The minimum atomic E-state index is 0. The molecular formula is C14H38N6. The zero-order chi connectivity index (χ0) is 13.6. The van der Waals surface area contributed by atoms with Gasteiger partial charge in [0.15, 0.2) is 0 Å². The van der Waals surface area contributed by atoms with Crippen LogP contribution in [-0.2, 0) is 0 Å². The molecule has 0 aliphatic rings. The lowest BCUT2D eigenvalue weighted by Gasteiger charge is -2.15. The Morgan fingerprint density at radius 2 is 0.650 bits per heavy atom. The number of allylic oxidation sites excluding steroid dienone is 2. The first kappa shape index (κ1) is 24.5. The number of hydrogen-bond donors (Lipinski definition) is 6. The summed E-state index contributed by atoms with van der Waals surface area (Å²) >= 11 is 0. The normalized spacial score (nSPS) is 9.60. The predicted octanol–water partition coefficient (Wildman–Crippen LogP) is 1.56. The van der Waals surface area contributed by atoms with Gasteiger partial charge in [0.2, 0.25) is 0 Å². The molecule has 0 aromatic heterocycles. The van der Waals surface area contributed by atoms with Crippen LogP contribution in [0.5, 0.6) is 0 Å². The second-order valence-electron chi connectivity index (χ2n) is 4.78. The van der Waals surface area contributed by atoms with Gasteiger partial charge in [-0.05, 0) is 77.5 Å². The molecule has 0 unspecified atom stereocenters. The quantitative estimate of drug-likeness (QED) is 0.297. The molecule has 0 saturated heterocycles. The zero-order valence-corrected chi connectivity index (χ0v) is 13.2. The van der Waals surface area contributed by atoms with Gasteiger partial charge in [-0.2, -0.15) is 0 Å². The Labute approximate surface area is 124 Å². The first-order valence-electron chi connectivity index (χ1n) is 7.30. The second-order valence-corrected chi connectivity index (χ2v) is 4.78. The van der Waals surface area contributed by atoms with Crippen molar-refractivity contribution >= 4 is 0 Å². The molecule has 0 radical (unpaired) electrons. The van der Waals surface area contributed by atoms with E-state index in [1.165, 1.54) is 0 Å². The monoisotopic (exact) mass is 290 g/mol. The molecule has 0 saturated carbocycles. The van der Waals surface area contributed by atoms with Gasteiger partial charge >= 0.3 is 0 Å². The van der Waals surface area contributed by atoms with E-state index in [2.05, 4.69) is 0 Å². The summed E-state index contributed by atoms with van der Waals surface area (Å²) < 4.78 is 0. The molecule has 124 valence electrons. The third-order valence-electron chi connectivity index (χ3n) is 3.23. The predicted molar refractivity (Wildman–Crippen MR) is 90.2 cm³/mol. The maximum absolute atomic E-state index is 5.62. The minimum Gasteiger partial charge on any atom is -0.344 e. The highest BCUT2D eigenvalue weighted by atomic mass is 14.5. The Morgan fingerprint density at radius 3 is 0.800 bits per heavy atom. The van der Waals surface area contributed by atoms with Crippen molar-refractivity contribution in [1.29, 1.82) is 0 Å². The molecule has 0 fully saturated rings. The van der Waals surface area contributed by atoms with E-state index in [-0.39, 0.29) is 12.3 Å². The van der Waals surface area contributed by atoms with Crippen LogP contribution in [0.25, 0.3) is 0 Å². The van der Waals surface area contributed by atoms with Crippen LogP contribution in [0, 0.1) is 0 Å². The molecule has 0 rings (SSSR count). The Hall–Kier alpha value is -0.500. The van der Waals surface area contributed by atoms with Crippen LogP contribution in [0.3, 0.4) is 0 Å². The van der Waals surface area contributed by atoms with Crippen molar-refractivity contribution in [3.8, 4) is 0 Å². The molecule has 0 amide bonds. The first-order chi connectivity index (χ1) is 8.79. The second kappa shape index (κ2) is 18.5. The van der Waals surface area contributed by atoms with Crippen molar-refractivity contribution < 1.29 is 0 Å². The SMILES string of the molecule is N.N.NCCCC(CCCN)=C(CCCN)CCCN. The van der Waals surface area contributed by atoms with Crippen LogP contribution >= 0.6 is 0 Å². The zero-order valence-electron chi connectivity index (χ0n) is 13.2. The van der Waals surface area contributed by atoms with Crippen molar-refractivity contribution in [1.82, 2.24) is 12.3 Å². The summed E-state index contributed by atoms with van der Waals surface area (Å²) in [5, 5.41) is 0. The number of hydrogen-bond acceptors (Lipinski definition) is 6. The molecule has 0 atom stereocenters. The Bertz CT molecular complexity index is 176. The Kier molecular flexibility index (Phi) is 22.7. The topological polar surface area (TPSA) is 174 Å². The average molecular weight is 290 g/mol. The molecule has 6 nitrogen and oxygen atoms in total. The van der Waals surface area contributed by atoms with E-state index in [1.54, 1.807) is 11.1 Å². The Balaban J connectivity index is -0.00000144. The van der Waals surface area contributed by atoms with Gasteiger partial charge in [-0.15, -0.1) is 0 Å². The lowest BCUT2D eigenvalue weighted by Crippen LogP contribution is -2.07. The molecule has 0 bridgehead atoms. The fourth-order valence-electron chi connectivity index (χ4n) is 2.22.